The Balaban J connectivity index is -0.0000000263. The second-order valence-electron chi connectivity index (χ2n) is 2.28. The molecule has 71 valence electrons. The third kappa shape index (κ3) is 228. The maximum atomic E-state index is 7.50. The van der Waals surface area contributed by atoms with Gasteiger partial charge in [0.25, 0.3) is 0 Å². The fourth-order valence-electron chi connectivity index (χ4n) is 0. The Hall–Kier alpha value is -1.03. The minimum Gasteiger partial charge on any atom is 2.00 e. The van der Waals surface area contributed by atoms with Gasteiger partial charge in [-0.25, -0.2) is 6.57 Å². The average molecular weight is 225 g/mol. The molecule has 5 heteroatoms. The smallest absolute Gasteiger partial charge is 2.00 e. The molecule has 1 radical (unpaired) electrons. The first-order chi connectivity index (χ1) is 5.56. The number of hydrogen-bond acceptors (Lipinski definition) is 1. The van der Waals surface area contributed by atoms with Crippen molar-refractivity contribution < 1.29 is 26.2 Å². The number of hydrogen-bond donors (Lipinski definition) is 0. The van der Waals surface area contributed by atoms with Crippen LogP contribution in [0.25, 0.3) is 4.85 Å². The van der Waals surface area contributed by atoms with E-state index < -0.39 is 0 Å². The molecular weight excluding hydrogens is 215 g/mol. The molecule has 0 fully saturated rings. The van der Waals surface area contributed by atoms with Crippen molar-refractivity contribution in [2.75, 3.05) is 0 Å². The van der Waals surface area contributed by atoms with Gasteiger partial charge >= 0.3 is 38.3 Å². The Kier molecular flexibility index (Phi) is 69.8. The second-order valence-corrected chi connectivity index (χ2v) is 2.28. The zero-order chi connectivity index (χ0) is 11.2. The molecule has 0 saturated carbocycles. The standard InChI is InChI=1S/C5H9N.C2H.CO.Co.NO/c1-5(2,3)6-4;2*1-2;;1-2/h1-3H3;1H;;;/q;-1;;+2;+1. The van der Waals surface area contributed by atoms with Gasteiger partial charge in [0.05, 0.1) is 0 Å². The van der Waals surface area contributed by atoms with Gasteiger partial charge in [0.2, 0.25) is 5.54 Å². The van der Waals surface area contributed by atoms with Gasteiger partial charge in [0.15, 0.2) is 0 Å². The van der Waals surface area contributed by atoms with E-state index in [4.69, 9.17) is 27.9 Å². The molecule has 0 N–H and O–H groups in total. The summed E-state index contributed by atoms with van der Waals surface area (Å²) in [6.07, 6.45) is 9.00. The van der Waals surface area contributed by atoms with Gasteiger partial charge in [0.1, 0.15) is 0 Å². The van der Waals surface area contributed by atoms with Crippen LogP contribution < -0.4 is 0 Å². The summed E-state index contributed by atoms with van der Waals surface area (Å²) < 4.78 is 14.8. The van der Waals surface area contributed by atoms with E-state index in [9.17, 15) is 0 Å². The fraction of sp³-hybridized carbons (Fsp3) is 0.500. The molecule has 0 aliphatic rings. The van der Waals surface area contributed by atoms with Gasteiger partial charge in [-0.05, 0) is 0 Å². The van der Waals surface area contributed by atoms with Crippen molar-refractivity contribution in [2.24, 2.45) is 0 Å². The quantitative estimate of drug-likeness (QED) is 0.352. The van der Waals surface area contributed by atoms with Crippen LogP contribution in [0.5, 0.6) is 0 Å². The van der Waals surface area contributed by atoms with Crippen molar-refractivity contribution in [1.82, 2.24) is 0 Å². The molecule has 0 heterocycles. The Morgan fingerprint density at radius 2 is 1.23 bits per heavy atom. The van der Waals surface area contributed by atoms with Gasteiger partial charge in [-0.2, -0.15) is 0 Å². The molecule has 0 rings (SSSR count). The van der Waals surface area contributed by atoms with Crippen LogP contribution in [-0.2, 0) is 26.2 Å². The zero-order valence-corrected chi connectivity index (χ0v) is 8.66. The minimum absolute atomic E-state index is 0. The monoisotopic (exact) mass is 225 g/mol. The predicted octanol–water partition coefficient (Wildman–Crippen LogP) is 1.77. The summed E-state index contributed by atoms with van der Waals surface area (Å²) in [4.78, 5) is 3.27. The topological polar surface area (TPSA) is 67.9 Å². The van der Waals surface area contributed by atoms with Crippen LogP contribution in [0, 0.1) is 31.5 Å². The first kappa shape index (κ1) is 29.7. The van der Waals surface area contributed by atoms with Crippen molar-refractivity contribution in [3.63, 3.8) is 0 Å². The SMILES string of the molecule is N#[O+].[C-]#C.[C-]#[N+]C(C)(C)C.[C-]#[O+].[Co+2]. The molecule has 0 aromatic heterocycles. The molecule has 0 aliphatic heterocycles. The van der Waals surface area contributed by atoms with Crippen molar-refractivity contribution in [3.8, 4) is 6.42 Å². The van der Waals surface area contributed by atoms with Gasteiger partial charge in [-0.15, -0.1) is 0 Å². The minimum atomic E-state index is -0.167. The van der Waals surface area contributed by atoms with E-state index in [2.05, 4.69) is 17.9 Å². The van der Waals surface area contributed by atoms with Crippen LogP contribution in [0.1, 0.15) is 20.8 Å². The first-order valence-corrected chi connectivity index (χ1v) is 2.62. The molecule has 0 saturated heterocycles. The van der Waals surface area contributed by atoms with Crippen LogP contribution in [0.15, 0.2) is 0 Å². The molecule has 0 atom stereocenters. The molecule has 0 aliphatic carbocycles. The molecule has 0 unspecified atom stereocenters. The van der Waals surface area contributed by atoms with Gasteiger partial charge in [-0.1, -0.05) is 0 Å². The Morgan fingerprint density at radius 3 is 1.23 bits per heavy atom. The summed E-state index contributed by atoms with van der Waals surface area (Å²) in [5, 5.41) is 0. The van der Waals surface area contributed by atoms with E-state index in [-0.39, 0.29) is 22.3 Å². The van der Waals surface area contributed by atoms with Crippen LogP contribution in [0.4, 0.5) is 0 Å². The van der Waals surface area contributed by atoms with E-state index in [1.807, 2.05) is 20.8 Å². The van der Waals surface area contributed by atoms with Crippen molar-refractivity contribution >= 4 is 0 Å². The maximum absolute atomic E-state index is 7.50. The molecule has 13 heavy (non-hydrogen) atoms. The van der Waals surface area contributed by atoms with E-state index in [0.717, 1.165) is 0 Å². The summed E-state index contributed by atoms with van der Waals surface area (Å²) in [6, 6.07) is 0. The molecular formula is C8H10CoN2O2+2. The predicted molar refractivity (Wildman–Crippen MR) is 40.9 cm³/mol. The summed E-state index contributed by atoms with van der Waals surface area (Å²) in [6.45, 7) is 16.6. The van der Waals surface area contributed by atoms with Crippen LogP contribution in [-0.4, -0.2) is 5.54 Å². The molecule has 4 nitrogen and oxygen atoms in total. The van der Waals surface area contributed by atoms with E-state index >= 15 is 0 Å². The van der Waals surface area contributed by atoms with Crippen LogP contribution >= 0.6 is 0 Å². The molecule has 0 spiro atoms. The Morgan fingerprint density at radius 1 is 1.15 bits per heavy atom. The van der Waals surface area contributed by atoms with Gasteiger partial charge < -0.3 is 17.7 Å². The third-order valence-corrected chi connectivity index (χ3v) is 0.335. The van der Waals surface area contributed by atoms with Crippen LogP contribution in [0.3, 0.4) is 0 Å². The molecule has 0 amide bonds. The molecule has 0 aromatic carbocycles. The normalized spacial score (nSPS) is 5.23. The largest absolute Gasteiger partial charge is 2.00 e. The third-order valence-electron chi connectivity index (χ3n) is 0.335. The zero-order valence-electron chi connectivity index (χ0n) is 7.62. The second kappa shape index (κ2) is 30.6. The maximum Gasteiger partial charge on any atom is 2.00 e. The summed E-state index contributed by atoms with van der Waals surface area (Å²) in [5.41, 5.74) is 5.58. The number of nitrogens with zero attached hydrogens (tertiary/aromatic N) is 2. The van der Waals surface area contributed by atoms with E-state index in [1.165, 1.54) is 0 Å². The van der Waals surface area contributed by atoms with E-state index in [0.29, 0.717) is 0 Å². The van der Waals surface area contributed by atoms with Crippen molar-refractivity contribution in [1.29, 1.82) is 5.46 Å². The summed E-state index contributed by atoms with van der Waals surface area (Å²) in [5.74, 6) is 0. The van der Waals surface area contributed by atoms with Crippen LogP contribution in [0.2, 0.25) is 0 Å². The fourth-order valence-corrected chi connectivity index (χ4v) is 0. The summed E-state index contributed by atoms with van der Waals surface area (Å²) >= 11 is 0. The van der Waals surface area contributed by atoms with Crippen molar-refractivity contribution in [2.45, 2.75) is 26.3 Å². The van der Waals surface area contributed by atoms with Gasteiger partial charge in [-0.3, -0.25) is 0 Å². The number of terminal acetylenes is 1. The number of rotatable bonds is 0. The Bertz CT molecular complexity index is 157. The average Bonchev–Trinajstić information content (AvgIpc) is 2.14. The summed E-state index contributed by atoms with van der Waals surface area (Å²) in [7, 11) is 0. The Labute approximate surface area is 89.3 Å². The molecule has 0 bridgehead atoms. The van der Waals surface area contributed by atoms with Gasteiger partial charge in [0, 0.05) is 20.8 Å². The van der Waals surface area contributed by atoms with Crippen molar-refractivity contribution in [3.05, 3.63) is 24.5 Å². The first-order valence-electron chi connectivity index (χ1n) is 2.62. The molecule has 0 aromatic rings. The van der Waals surface area contributed by atoms with E-state index in [1.54, 1.807) is 0 Å².